The van der Waals surface area contributed by atoms with E-state index in [0.29, 0.717) is 5.92 Å². The summed E-state index contributed by atoms with van der Waals surface area (Å²) in [5.41, 5.74) is 0. The molecule has 1 aliphatic rings. The van der Waals surface area contributed by atoms with Crippen LogP contribution < -0.4 is 0 Å². The summed E-state index contributed by atoms with van der Waals surface area (Å²) >= 11 is 0. The Morgan fingerprint density at radius 3 is 2.00 bits per heavy atom. The van der Waals surface area contributed by atoms with Gasteiger partial charge in [-0.3, -0.25) is 0 Å². The van der Waals surface area contributed by atoms with Crippen LogP contribution in [0.15, 0.2) is 0 Å². The Kier molecular flexibility index (Phi) is 2.64. The lowest BCUT2D eigenvalue weighted by atomic mass is 10.0. The minimum absolute atomic E-state index is 0.493. The van der Waals surface area contributed by atoms with Crippen LogP contribution in [0.2, 0.25) is 0 Å². The van der Waals surface area contributed by atoms with Gasteiger partial charge in [0.05, 0.1) is 0 Å². The van der Waals surface area contributed by atoms with Crippen molar-refractivity contribution in [3.05, 3.63) is 6.42 Å². The average molecular weight is 121 g/mol. The maximum atomic E-state index is 6.94. The Hall–Kier alpha value is -0.440. The first kappa shape index (κ1) is 6.68. The molecule has 0 aromatic carbocycles. The lowest BCUT2D eigenvalue weighted by Gasteiger charge is -2.01. The van der Waals surface area contributed by atoms with Gasteiger partial charge >= 0.3 is 0 Å². The Morgan fingerprint density at radius 1 is 1.00 bits per heavy atom. The molecule has 0 heteroatoms. The zero-order chi connectivity index (χ0) is 6.53. The lowest BCUT2D eigenvalue weighted by Crippen LogP contribution is -1.92. The molecule has 0 aromatic rings. The van der Waals surface area contributed by atoms with Gasteiger partial charge in [-0.05, 0) is 19.3 Å². The number of hydrogen-bond acceptors (Lipinski definition) is 0. The largest absolute Gasteiger partial charge is 0.0857 e. The summed E-state index contributed by atoms with van der Waals surface area (Å²) < 4.78 is 0. The summed E-state index contributed by atoms with van der Waals surface area (Å²) in [5.74, 6) is 3.09. The summed E-state index contributed by atoms with van der Waals surface area (Å²) in [4.78, 5) is 0. The molecule has 0 nitrogen and oxygen atoms in total. The third kappa shape index (κ3) is 2.10. The van der Waals surface area contributed by atoms with Gasteiger partial charge in [-0.15, -0.1) is 0 Å². The van der Waals surface area contributed by atoms with E-state index < -0.39 is 0 Å². The first-order valence-corrected chi connectivity index (χ1v) is 3.86. The van der Waals surface area contributed by atoms with E-state index in [1.807, 2.05) is 0 Å². The molecule has 1 rings (SSSR count). The molecule has 0 heterocycles. The van der Waals surface area contributed by atoms with E-state index in [4.69, 9.17) is 6.42 Å². The molecule has 1 aliphatic carbocycles. The van der Waals surface area contributed by atoms with Crippen LogP contribution in [0.25, 0.3) is 0 Å². The van der Waals surface area contributed by atoms with Crippen LogP contribution in [0.3, 0.4) is 0 Å². The Balaban J connectivity index is 2.29. The number of hydrogen-bond donors (Lipinski definition) is 0. The highest BCUT2D eigenvalue weighted by atomic mass is 14.1. The van der Waals surface area contributed by atoms with E-state index in [9.17, 15) is 0 Å². The molecule has 1 fully saturated rings. The molecule has 0 amide bonds. The molecule has 0 aromatic heterocycles. The highest BCUT2D eigenvalue weighted by Crippen LogP contribution is 2.21. The summed E-state index contributed by atoms with van der Waals surface area (Å²) in [6.45, 7) is 0. The maximum absolute atomic E-state index is 6.94. The summed E-state index contributed by atoms with van der Waals surface area (Å²) in [7, 11) is 0. The van der Waals surface area contributed by atoms with Crippen molar-refractivity contribution in [1.82, 2.24) is 0 Å². The smallest absolute Gasteiger partial charge is 0.0213 e. The maximum Gasteiger partial charge on any atom is 0.0213 e. The lowest BCUT2D eigenvalue weighted by molar-refractivity contribution is 0.577. The van der Waals surface area contributed by atoms with E-state index >= 15 is 0 Å². The minimum atomic E-state index is 0.493. The van der Waals surface area contributed by atoms with Crippen molar-refractivity contribution >= 4 is 0 Å². The molecular formula is C9H13. The van der Waals surface area contributed by atoms with Crippen molar-refractivity contribution in [2.75, 3.05) is 0 Å². The van der Waals surface area contributed by atoms with Crippen molar-refractivity contribution in [3.8, 4) is 5.92 Å². The summed E-state index contributed by atoms with van der Waals surface area (Å²) in [6.07, 6.45) is 14.7. The average Bonchev–Trinajstić information content (AvgIpc) is 2.13. The van der Waals surface area contributed by atoms with E-state index in [2.05, 4.69) is 5.92 Å². The molecule has 0 bridgehead atoms. The molecule has 0 aliphatic heterocycles. The van der Waals surface area contributed by atoms with Crippen LogP contribution in [0.5, 0.6) is 0 Å². The first-order chi connectivity index (χ1) is 4.43. The van der Waals surface area contributed by atoms with Crippen molar-refractivity contribution in [3.63, 3.8) is 0 Å². The van der Waals surface area contributed by atoms with Gasteiger partial charge in [0, 0.05) is 5.92 Å². The molecular weight excluding hydrogens is 108 g/mol. The van der Waals surface area contributed by atoms with Gasteiger partial charge in [0.25, 0.3) is 0 Å². The van der Waals surface area contributed by atoms with Crippen molar-refractivity contribution < 1.29 is 0 Å². The highest BCUT2D eigenvalue weighted by molar-refractivity contribution is 4.87. The Bertz CT molecular complexity index is 99.7. The van der Waals surface area contributed by atoms with Crippen molar-refractivity contribution in [2.45, 2.75) is 38.5 Å². The van der Waals surface area contributed by atoms with Crippen LogP contribution in [0.1, 0.15) is 38.5 Å². The molecule has 0 saturated heterocycles. The van der Waals surface area contributed by atoms with Crippen LogP contribution in [-0.4, -0.2) is 0 Å². The van der Waals surface area contributed by atoms with Gasteiger partial charge in [-0.1, -0.05) is 31.6 Å². The third-order valence-electron chi connectivity index (χ3n) is 2.06. The van der Waals surface area contributed by atoms with Crippen molar-refractivity contribution in [2.24, 2.45) is 5.92 Å². The Morgan fingerprint density at radius 2 is 1.56 bits per heavy atom. The molecule has 1 radical (unpaired) electrons. The monoisotopic (exact) mass is 121 g/mol. The van der Waals surface area contributed by atoms with Gasteiger partial charge in [-0.2, -0.15) is 0 Å². The normalized spacial score (nSPS) is 22.6. The van der Waals surface area contributed by atoms with Crippen molar-refractivity contribution in [1.29, 1.82) is 0 Å². The first-order valence-electron chi connectivity index (χ1n) is 3.86. The second-order valence-electron chi connectivity index (χ2n) is 2.83. The zero-order valence-electron chi connectivity index (χ0n) is 5.82. The molecule has 1 saturated carbocycles. The fourth-order valence-electron chi connectivity index (χ4n) is 1.42. The second-order valence-corrected chi connectivity index (χ2v) is 2.83. The Labute approximate surface area is 57.7 Å². The van der Waals surface area contributed by atoms with Crippen LogP contribution in [-0.2, 0) is 0 Å². The van der Waals surface area contributed by atoms with Gasteiger partial charge in [-0.25, -0.2) is 0 Å². The fourth-order valence-corrected chi connectivity index (χ4v) is 1.42. The summed E-state index contributed by atoms with van der Waals surface area (Å²) in [5, 5.41) is 0. The third-order valence-corrected chi connectivity index (χ3v) is 2.06. The SMILES string of the molecule is [C]#CC1CCCCCC1. The van der Waals surface area contributed by atoms with E-state index in [-0.39, 0.29) is 0 Å². The van der Waals surface area contributed by atoms with Crippen LogP contribution in [0.4, 0.5) is 0 Å². The van der Waals surface area contributed by atoms with E-state index in [0.717, 1.165) is 0 Å². The fraction of sp³-hybridized carbons (Fsp3) is 0.778. The number of rotatable bonds is 0. The van der Waals surface area contributed by atoms with E-state index in [1.165, 1.54) is 38.5 Å². The molecule has 49 valence electrons. The molecule has 0 N–H and O–H groups in total. The minimum Gasteiger partial charge on any atom is -0.0857 e. The van der Waals surface area contributed by atoms with E-state index in [1.54, 1.807) is 0 Å². The topological polar surface area (TPSA) is 0 Å². The van der Waals surface area contributed by atoms with Gasteiger partial charge in [0.2, 0.25) is 0 Å². The molecule has 9 heavy (non-hydrogen) atoms. The zero-order valence-corrected chi connectivity index (χ0v) is 5.82. The predicted octanol–water partition coefficient (Wildman–Crippen LogP) is 2.55. The molecule has 0 unspecified atom stereocenters. The van der Waals surface area contributed by atoms with Gasteiger partial charge in [0.15, 0.2) is 0 Å². The standard InChI is InChI=1S/C9H13/c1-2-9-7-5-3-4-6-8-9/h9H,3-8H2. The molecule has 0 spiro atoms. The van der Waals surface area contributed by atoms with Gasteiger partial charge < -0.3 is 0 Å². The highest BCUT2D eigenvalue weighted by Gasteiger charge is 2.07. The predicted molar refractivity (Wildman–Crippen MR) is 38.3 cm³/mol. The molecule has 0 atom stereocenters. The van der Waals surface area contributed by atoms with Crippen LogP contribution >= 0.6 is 0 Å². The quantitative estimate of drug-likeness (QED) is 0.341. The second kappa shape index (κ2) is 3.56. The summed E-state index contributed by atoms with van der Waals surface area (Å²) in [6, 6.07) is 0. The van der Waals surface area contributed by atoms with Crippen LogP contribution in [0, 0.1) is 18.3 Å². The van der Waals surface area contributed by atoms with Gasteiger partial charge in [0.1, 0.15) is 0 Å².